The lowest BCUT2D eigenvalue weighted by Crippen LogP contribution is -2.48. The van der Waals surface area contributed by atoms with Crippen molar-refractivity contribution < 1.29 is 9.53 Å². The average molecular weight is 444 g/mol. The van der Waals surface area contributed by atoms with E-state index in [2.05, 4.69) is 69.0 Å². The fourth-order valence-electron chi connectivity index (χ4n) is 4.22. The average Bonchev–Trinajstić information content (AvgIpc) is 2.82. The number of carbonyl (C=O) groups is 1. The molecule has 172 valence electrons. The molecule has 1 fully saturated rings. The van der Waals surface area contributed by atoms with E-state index < -0.39 is 0 Å². The number of pyridine rings is 1. The number of nitrogens with zero attached hydrogens (tertiary/aromatic N) is 3. The lowest BCUT2D eigenvalue weighted by atomic mass is 9.87. The minimum Gasteiger partial charge on any atom is -0.494 e. The van der Waals surface area contributed by atoms with Crippen LogP contribution in [-0.2, 0) is 10.2 Å². The normalized spacial score (nSPS) is 14.8. The van der Waals surface area contributed by atoms with E-state index in [1.807, 2.05) is 23.1 Å². The van der Waals surface area contributed by atoms with E-state index in [9.17, 15) is 4.79 Å². The molecule has 1 aliphatic rings. The highest BCUT2D eigenvalue weighted by molar-refractivity contribution is 5.92. The molecule has 5 heteroatoms. The number of aromatic nitrogens is 1. The SMILES string of the molecule is COc1cccc2c(C)cc(N3CCN(C(=O)/C=C/c4ccc(C(C)(C)C)cc4)CC3)nc12. The number of hydrogen-bond acceptors (Lipinski definition) is 4. The van der Waals surface area contributed by atoms with E-state index >= 15 is 0 Å². The van der Waals surface area contributed by atoms with Crippen molar-refractivity contribution in [1.29, 1.82) is 0 Å². The number of carbonyl (C=O) groups excluding carboxylic acids is 1. The first-order chi connectivity index (χ1) is 15.8. The maximum atomic E-state index is 12.7. The van der Waals surface area contributed by atoms with Gasteiger partial charge in [-0.3, -0.25) is 4.79 Å². The van der Waals surface area contributed by atoms with Gasteiger partial charge in [0.1, 0.15) is 17.1 Å². The van der Waals surface area contributed by atoms with Crippen molar-refractivity contribution in [2.24, 2.45) is 0 Å². The molecule has 2 heterocycles. The number of ether oxygens (including phenoxy) is 1. The smallest absolute Gasteiger partial charge is 0.246 e. The number of para-hydroxylation sites is 1. The third-order valence-electron chi connectivity index (χ3n) is 6.33. The molecule has 0 radical (unpaired) electrons. The van der Waals surface area contributed by atoms with Gasteiger partial charge in [-0.15, -0.1) is 0 Å². The molecule has 4 rings (SSSR count). The Kier molecular flexibility index (Phi) is 6.41. The third kappa shape index (κ3) is 5.03. The second kappa shape index (κ2) is 9.26. The number of fused-ring (bicyclic) bond motifs is 1. The van der Waals surface area contributed by atoms with Crippen molar-refractivity contribution in [2.75, 3.05) is 38.2 Å². The number of piperazine rings is 1. The molecule has 0 aliphatic carbocycles. The Hall–Kier alpha value is -3.34. The molecule has 0 saturated carbocycles. The van der Waals surface area contributed by atoms with Crippen LogP contribution in [0.3, 0.4) is 0 Å². The minimum atomic E-state index is 0.0545. The van der Waals surface area contributed by atoms with Crippen molar-refractivity contribution in [3.8, 4) is 5.75 Å². The molecule has 5 nitrogen and oxygen atoms in total. The maximum absolute atomic E-state index is 12.7. The van der Waals surface area contributed by atoms with Gasteiger partial charge in [0, 0.05) is 37.6 Å². The summed E-state index contributed by atoms with van der Waals surface area (Å²) in [6.45, 7) is 11.6. The highest BCUT2D eigenvalue weighted by atomic mass is 16.5. The maximum Gasteiger partial charge on any atom is 0.246 e. The van der Waals surface area contributed by atoms with E-state index in [1.54, 1.807) is 13.2 Å². The fourth-order valence-corrected chi connectivity index (χ4v) is 4.22. The van der Waals surface area contributed by atoms with Crippen LogP contribution in [0.25, 0.3) is 17.0 Å². The van der Waals surface area contributed by atoms with Crippen molar-refractivity contribution in [2.45, 2.75) is 33.1 Å². The summed E-state index contributed by atoms with van der Waals surface area (Å²) in [4.78, 5) is 21.8. The fraction of sp³-hybridized carbons (Fsp3) is 0.357. The summed E-state index contributed by atoms with van der Waals surface area (Å²) >= 11 is 0. The van der Waals surface area contributed by atoms with Crippen molar-refractivity contribution in [3.05, 3.63) is 71.3 Å². The third-order valence-corrected chi connectivity index (χ3v) is 6.33. The van der Waals surface area contributed by atoms with Gasteiger partial charge in [0.25, 0.3) is 0 Å². The van der Waals surface area contributed by atoms with Gasteiger partial charge in [0.15, 0.2) is 0 Å². The molecule has 0 spiro atoms. The monoisotopic (exact) mass is 443 g/mol. The Morgan fingerprint density at radius 1 is 1.03 bits per heavy atom. The van der Waals surface area contributed by atoms with Crippen LogP contribution in [0.4, 0.5) is 5.82 Å². The molecular formula is C28H33N3O2. The molecule has 0 N–H and O–H groups in total. The molecule has 2 aromatic carbocycles. The lowest BCUT2D eigenvalue weighted by molar-refractivity contribution is -0.126. The summed E-state index contributed by atoms with van der Waals surface area (Å²) in [5.41, 5.74) is 4.51. The number of rotatable bonds is 4. The Bertz CT molecular complexity index is 1170. The molecule has 0 bridgehead atoms. The van der Waals surface area contributed by atoms with E-state index in [4.69, 9.17) is 9.72 Å². The summed E-state index contributed by atoms with van der Waals surface area (Å²) in [5, 5.41) is 1.10. The lowest BCUT2D eigenvalue weighted by Gasteiger charge is -2.35. The van der Waals surface area contributed by atoms with Crippen LogP contribution in [0.5, 0.6) is 5.75 Å². The van der Waals surface area contributed by atoms with Crippen molar-refractivity contribution in [3.63, 3.8) is 0 Å². The molecule has 1 saturated heterocycles. The van der Waals surface area contributed by atoms with Gasteiger partial charge in [0.05, 0.1) is 7.11 Å². The second-order valence-electron chi connectivity index (χ2n) is 9.67. The largest absolute Gasteiger partial charge is 0.494 e. The predicted octanol–water partition coefficient (Wildman–Crippen LogP) is 5.21. The highest BCUT2D eigenvalue weighted by Crippen LogP contribution is 2.29. The summed E-state index contributed by atoms with van der Waals surface area (Å²) < 4.78 is 5.52. The molecular weight excluding hydrogens is 410 g/mol. The van der Waals surface area contributed by atoms with E-state index in [0.717, 1.165) is 41.1 Å². The number of anilines is 1. The standard InChI is InChI=1S/C28H33N3O2/c1-20-19-25(29-27-23(20)7-6-8-24(27)33-5)30-15-17-31(18-16-30)26(32)14-11-21-9-12-22(13-10-21)28(2,3)4/h6-14,19H,15-18H2,1-5H3/b14-11+. The first kappa shape index (κ1) is 22.8. The predicted molar refractivity (Wildman–Crippen MR) is 136 cm³/mol. The summed E-state index contributed by atoms with van der Waals surface area (Å²) in [6.07, 6.45) is 3.59. The van der Waals surface area contributed by atoms with Crippen LogP contribution >= 0.6 is 0 Å². The van der Waals surface area contributed by atoms with E-state index in [0.29, 0.717) is 13.1 Å². The van der Waals surface area contributed by atoms with Gasteiger partial charge >= 0.3 is 0 Å². The first-order valence-corrected chi connectivity index (χ1v) is 11.5. The topological polar surface area (TPSA) is 45.7 Å². The number of aryl methyl sites for hydroxylation is 1. The summed E-state index contributed by atoms with van der Waals surface area (Å²) in [7, 11) is 1.68. The van der Waals surface area contributed by atoms with Crippen LogP contribution in [-0.4, -0.2) is 49.1 Å². The van der Waals surface area contributed by atoms with Crippen LogP contribution in [0.2, 0.25) is 0 Å². The second-order valence-corrected chi connectivity index (χ2v) is 9.67. The molecule has 3 aromatic rings. The van der Waals surface area contributed by atoms with E-state index in [-0.39, 0.29) is 11.3 Å². The van der Waals surface area contributed by atoms with Crippen molar-refractivity contribution >= 4 is 28.7 Å². The quantitative estimate of drug-likeness (QED) is 0.519. The van der Waals surface area contributed by atoms with Gasteiger partial charge in [-0.2, -0.15) is 0 Å². The number of methoxy groups -OCH3 is 1. The zero-order chi connectivity index (χ0) is 23.6. The van der Waals surface area contributed by atoms with Gasteiger partial charge in [-0.25, -0.2) is 4.98 Å². The Morgan fingerprint density at radius 3 is 2.36 bits per heavy atom. The Morgan fingerprint density at radius 2 is 1.73 bits per heavy atom. The molecule has 1 amide bonds. The van der Waals surface area contributed by atoms with Gasteiger partial charge in [0.2, 0.25) is 5.91 Å². The number of hydrogen-bond donors (Lipinski definition) is 0. The molecule has 0 unspecified atom stereocenters. The van der Waals surface area contributed by atoms with Crippen LogP contribution < -0.4 is 9.64 Å². The zero-order valence-corrected chi connectivity index (χ0v) is 20.3. The van der Waals surface area contributed by atoms with E-state index in [1.165, 1.54) is 11.1 Å². The van der Waals surface area contributed by atoms with Crippen LogP contribution in [0, 0.1) is 6.92 Å². The van der Waals surface area contributed by atoms with Gasteiger partial charge in [-0.1, -0.05) is 57.2 Å². The van der Waals surface area contributed by atoms with Crippen LogP contribution in [0.15, 0.2) is 54.6 Å². The molecule has 33 heavy (non-hydrogen) atoms. The first-order valence-electron chi connectivity index (χ1n) is 11.5. The molecule has 1 aliphatic heterocycles. The van der Waals surface area contributed by atoms with Crippen LogP contribution in [0.1, 0.15) is 37.5 Å². The van der Waals surface area contributed by atoms with Gasteiger partial charge in [-0.05, 0) is 47.2 Å². The van der Waals surface area contributed by atoms with Gasteiger partial charge < -0.3 is 14.5 Å². The number of benzene rings is 2. The number of amides is 1. The molecule has 1 aromatic heterocycles. The summed E-state index contributed by atoms with van der Waals surface area (Å²) in [6, 6.07) is 16.6. The summed E-state index contributed by atoms with van der Waals surface area (Å²) in [5.74, 6) is 1.77. The van der Waals surface area contributed by atoms with Crippen molar-refractivity contribution in [1.82, 2.24) is 9.88 Å². The zero-order valence-electron chi connectivity index (χ0n) is 20.3. The Balaban J connectivity index is 1.40. The highest BCUT2D eigenvalue weighted by Gasteiger charge is 2.21. The molecule has 0 atom stereocenters. The minimum absolute atomic E-state index is 0.0545. The Labute approximate surface area is 196 Å².